The molecule has 1 aromatic heterocycles. The Kier molecular flexibility index (Phi) is 4.65. The second-order valence-corrected chi connectivity index (χ2v) is 6.01. The average molecular weight is 325 g/mol. The van der Waals surface area contributed by atoms with Gasteiger partial charge in [0, 0.05) is 17.5 Å². The fraction of sp³-hybridized carbons (Fsp3) is 0.250. The van der Waals surface area contributed by atoms with Crippen LogP contribution in [-0.4, -0.2) is 12.5 Å². The van der Waals surface area contributed by atoms with E-state index >= 15 is 0 Å². The second-order valence-electron chi connectivity index (χ2n) is 6.01. The lowest BCUT2D eigenvalue weighted by atomic mass is 10.0. The largest absolute Gasteiger partial charge is 0.464 e. The van der Waals surface area contributed by atoms with Crippen LogP contribution in [0.4, 0.5) is 4.39 Å². The van der Waals surface area contributed by atoms with Crippen LogP contribution in [0.3, 0.4) is 0 Å². The molecule has 0 bridgehead atoms. The predicted molar refractivity (Wildman–Crippen MR) is 92.5 cm³/mol. The van der Waals surface area contributed by atoms with Crippen LogP contribution in [0.2, 0.25) is 0 Å². The van der Waals surface area contributed by atoms with E-state index in [2.05, 4.69) is 5.32 Å². The molecule has 2 aromatic carbocycles. The Morgan fingerprint density at radius 1 is 1.12 bits per heavy atom. The van der Waals surface area contributed by atoms with Crippen molar-refractivity contribution in [3.63, 3.8) is 0 Å². The van der Waals surface area contributed by atoms with Gasteiger partial charge < -0.3 is 9.73 Å². The van der Waals surface area contributed by atoms with Crippen LogP contribution in [0.25, 0.3) is 11.0 Å². The maximum Gasteiger partial charge on any atom is 0.224 e. The molecule has 0 saturated carbocycles. The number of aryl methyl sites for hydroxylation is 2. The van der Waals surface area contributed by atoms with Gasteiger partial charge in [-0.2, -0.15) is 0 Å². The summed E-state index contributed by atoms with van der Waals surface area (Å²) in [4.78, 5) is 12.1. The van der Waals surface area contributed by atoms with Gasteiger partial charge in [0.2, 0.25) is 5.91 Å². The molecule has 0 fully saturated rings. The summed E-state index contributed by atoms with van der Waals surface area (Å²) in [5.74, 6) is -0.328. The van der Waals surface area contributed by atoms with Crippen molar-refractivity contribution in [2.45, 2.75) is 26.7 Å². The summed E-state index contributed by atoms with van der Waals surface area (Å²) in [5.41, 5.74) is 4.58. The van der Waals surface area contributed by atoms with E-state index < -0.39 is 0 Å². The highest BCUT2D eigenvalue weighted by Crippen LogP contribution is 2.26. The van der Waals surface area contributed by atoms with Crippen LogP contribution < -0.4 is 5.32 Å². The van der Waals surface area contributed by atoms with Crippen molar-refractivity contribution < 1.29 is 13.6 Å². The molecule has 0 aliphatic rings. The van der Waals surface area contributed by atoms with Gasteiger partial charge in [-0.1, -0.05) is 30.3 Å². The molecule has 0 saturated heterocycles. The lowest BCUT2D eigenvalue weighted by molar-refractivity contribution is -0.120. The van der Waals surface area contributed by atoms with E-state index in [0.29, 0.717) is 18.5 Å². The molecule has 3 rings (SSSR count). The molecule has 1 heterocycles. The first-order valence-electron chi connectivity index (χ1n) is 8.02. The molecule has 24 heavy (non-hydrogen) atoms. The summed E-state index contributed by atoms with van der Waals surface area (Å²) in [6.45, 7) is 4.46. The van der Waals surface area contributed by atoms with E-state index in [9.17, 15) is 9.18 Å². The molecule has 1 amide bonds. The Labute approximate surface area is 140 Å². The van der Waals surface area contributed by atoms with Crippen molar-refractivity contribution in [3.8, 4) is 0 Å². The average Bonchev–Trinajstić information content (AvgIpc) is 2.96. The molecule has 0 radical (unpaired) electrons. The maximum absolute atomic E-state index is 13.5. The Bertz CT molecular complexity index is 882. The van der Waals surface area contributed by atoms with Gasteiger partial charge in [0.05, 0.1) is 12.7 Å². The van der Waals surface area contributed by atoms with Crippen LogP contribution in [0.15, 0.2) is 47.1 Å². The van der Waals surface area contributed by atoms with E-state index in [1.807, 2.05) is 26.0 Å². The smallest absolute Gasteiger partial charge is 0.224 e. The van der Waals surface area contributed by atoms with Crippen molar-refractivity contribution in [1.82, 2.24) is 5.32 Å². The number of furan rings is 1. The van der Waals surface area contributed by atoms with Crippen molar-refractivity contribution in [1.29, 1.82) is 0 Å². The Morgan fingerprint density at radius 3 is 2.71 bits per heavy atom. The summed E-state index contributed by atoms with van der Waals surface area (Å²) in [6.07, 6.45) is 2.38. The fourth-order valence-electron chi connectivity index (χ4n) is 2.80. The highest BCUT2D eigenvalue weighted by atomic mass is 19.1. The Morgan fingerprint density at radius 2 is 1.92 bits per heavy atom. The van der Waals surface area contributed by atoms with Gasteiger partial charge in [0.1, 0.15) is 11.4 Å². The highest BCUT2D eigenvalue weighted by Gasteiger charge is 2.12. The standard InChI is InChI=1S/C20H20FNO2/c1-13-7-8-17-16(12-24-20(17)14(13)2)11-19(23)22-10-9-15-5-3-4-6-18(15)21/h3-8,12H,9-11H2,1-2H3,(H,22,23). The Hall–Kier alpha value is -2.62. The Balaban J connectivity index is 1.61. The van der Waals surface area contributed by atoms with E-state index in [1.165, 1.54) is 6.07 Å². The van der Waals surface area contributed by atoms with Gasteiger partial charge in [-0.15, -0.1) is 0 Å². The first-order chi connectivity index (χ1) is 11.6. The molecule has 0 atom stereocenters. The minimum Gasteiger partial charge on any atom is -0.464 e. The SMILES string of the molecule is Cc1ccc2c(CC(=O)NCCc3ccccc3F)coc2c1C. The monoisotopic (exact) mass is 325 g/mol. The van der Waals surface area contributed by atoms with Gasteiger partial charge in [0.25, 0.3) is 0 Å². The van der Waals surface area contributed by atoms with Gasteiger partial charge in [0.15, 0.2) is 0 Å². The van der Waals surface area contributed by atoms with Crippen molar-refractivity contribution >= 4 is 16.9 Å². The third kappa shape index (κ3) is 3.32. The molecule has 1 N–H and O–H groups in total. The number of hydrogen-bond donors (Lipinski definition) is 1. The molecular formula is C20H20FNO2. The van der Waals surface area contributed by atoms with E-state index in [1.54, 1.807) is 24.5 Å². The summed E-state index contributed by atoms with van der Waals surface area (Å²) in [7, 11) is 0. The normalized spacial score (nSPS) is 11.0. The number of carbonyl (C=O) groups excluding carboxylic acids is 1. The molecule has 0 unspecified atom stereocenters. The number of halogens is 1. The number of benzene rings is 2. The molecule has 4 heteroatoms. The summed E-state index contributed by atoms with van der Waals surface area (Å²) in [5, 5.41) is 3.81. The number of rotatable bonds is 5. The van der Waals surface area contributed by atoms with Crippen molar-refractivity contribution in [2.24, 2.45) is 0 Å². The molecule has 0 spiro atoms. The summed E-state index contributed by atoms with van der Waals surface area (Å²) >= 11 is 0. The lowest BCUT2D eigenvalue weighted by Crippen LogP contribution is -2.27. The maximum atomic E-state index is 13.5. The van der Waals surface area contributed by atoms with Crippen LogP contribution >= 0.6 is 0 Å². The lowest BCUT2D eigenvalue weighted by Gasteiger charge is -2.06. The highest BCUT2D eigenvalue weighted by molar-refractivity contribution is 5.89. The van der Waals surface area contributed by atoms with E-state index in [4.69, 9.17) is 4.42 Å². The van der Waals surface area contributed by atoms with Gasteiger partial charge >= 0.3 is 0 Å². The van der Waals surface area contributed by atoms with E-state index in [0.717, 1.165) is 27.7 Å². The zero-order chi connectivity index (χ0) is 17.1. The number of carbonyl (C=O) groups is 1. The van der Waals surface area contributed by atoms with Gasteiger partial charge in [-0.25, -0.2) is 4.39 Å². The summed E-state index contributed by atoms with van der Waals surface area (Å²) < 4.78 is 19.2. The van der Waals surface area contributed by atoms with Crippen LogP contribution in [-0.2, 0) is 17.6 Å². The molecule has 3 nitrogen and oxygen atoms in total. The minimum atomic E-state index is -0.238. The quantitative estimate of drug-likeness (QED) is 0.768. The number of nitrogens with one attached hydrogen (secondary N) is 1. The predicted octanol–water partition coefficient (Wildman–Crippen LogP) is 4.09. The number of fused-ring (bicyclic) bond motifs is 1. The number of amides is 1. The zero-order valence-electron chi connectivity index (χ0n) is 13.9. The van der Waals surface area contributed by atoms with Gasteiger partial charge in [-0.3, -0.25) is 4.79 Å². The zero-order valence-corrected chi connectivity index (χ0v) is 13.9. The topological polar surface area (TPSA) is 42.2 Å². The van der Waals surface area contributed by atoms with Crippen molar-refractivity contribution in [3.05, 3.63) is 70.7 Å². The molecule has 0 aliphatic heterocycles. The van der Waals surface area contributed by atoms with Crippen LogP contribution in [0, 0.1) is 19.7 Å². The number of hydrogen-bond acceptors (Lipinski definition) is 2. The molecule has 0 aliphatic carbocycles. The van der Waals surface area contributed by atoms with Crippen LogP contribution in [0.5, 0.6) is 0 Å². The van der Waals surface area contributed by atoms with Gasteiger partial charge in [-0.05, 0) is 43.0 Å². The molecule has 3 aromatic rings. The second kappa shape index (κ2) is 6.87. The third-order valence-corrected chi connectivity index (χ3v) is 4.37. The first kappa shape index (κ1) is 16.2. The van der Waals surface area contributed by atoms with E-state index in [-0.39, 0.29) is 18.1 Å². The minimum absolute atomic E-state index is 0.0905. The fourth-order valence-corrected chi connectivity index (χ4v) is 2.80. The molecule has 124 valence electrons. The van der Waals surface area contributed by atoms with Crippen LogP contribution in [0.1, 0.15) is 22.3 Å². The van der Waals surface area contributed by atoms with Crippen molar-refractivity contribution in [2.75, 3.05) is 6.54 Å². The first-order valence-corrected chi connectivity index (χ1v) is 8.02. The third-order valence-electron chi connectivity index (χ3n) is 4.37. The molecular weight excluding hydrogens is 305 g/mol. The summed E-state index contributed by atoms with van der Waals surface area (Å²) in [6, 6.07) is 10.6.